The highest BCUT2D eigenvalue weighted by Crippen LogP contribution is 2.44. The number of nitrogens with two attached hydrogens (primary N) is 1. The van der Waals surface area contributed by atoms with Gasteiger partial charge in [-0.1, -0.05) is 19.9 Å². The summed E-state index contributed by atoms with van der Waals surface area (Å²) in [5.74, 6) is 0.813. The molecule has 3 heteroatoms. The topological polar surface area (TPSA) is 47.3 Å². The van der Waals surface area contributed by atoms with Gasteiger partial charge in [-0.15, -0.1) is 0 Å². The molecule has 1 saturated carbocycles. The first-order chi connectivity index (χ1) is 7.53. The number of nitrogen functional groups attached to an aromatic ring is 1. The molecule has 1 aromatic carbocycles. The molecule has 16 heavy (non-hydrogen) atoms. The van der Waals surface area contributed by atoms with Gasteiger partial charge in [0.2, 0.25) is 0 Å². The number of nitrogens with one attached hydrogen (secondary N) is 1. The Balaban J connectivity index is 1.95. The molecule has 3 nitrogen and oxygen atoms in total. The van der Waals surface area contributed by atoms with Gasteiger partial charge in [0.05, 0.1) is 7.11 Å². The molecule has 0 aromatic heterocycles. The monoisotopic (exact) mass is 220 g/mol. The summed E-state index contributed by atoms with van der Waals surface area (Å²) in [4.78, 5) is 0. The summed E-state index contributed by atoms with van der Waals surface area (Å²) in [5.41, 5.74) is 8.35. The van der Waals surface area contributed by atoms with Crippen molar-refractivity contribution in [2.24, 2.45) is 5.41 Å². The van der Waals surface area contributed by atoms with Crippen LogP contribution >= 0.6 is 0 Å². The molecule has 88 valence electrons. The van der Waals surface area contributed by atoms with Crippen LogP contribution in [0.25, 0.3) is 0 Å². The van der Waals surface area contributed by atoms with Gasteiger partial charge in [-0.25, -0.2) is 0 Å². The van der Waals surface area contributed by atoms with E-state index in [-0.39, 0.29) is 0 Å². The van der Waals surface area contributed by atoms with Crippen molar-refractivity contribution in [3.05, 3.63) is 23.8 Å². The first-order valence-corrected chi connectivity index (χ1v) is 5.69. The number of ether oxygens (including phenoxy) is 1. The Morgan fingerprint density at radius 3 is 2.69 bits per heavy atom. The number of benzene rings is 1. The van der Waals surface area contributed by atoms with Crippen LogP contribution in [0.3, 0.4) is 0 Å². The highest BCUT2D eigenvalue weighted by molar-refractivity contribution is 5.51. The zero-order valence-electron chi connectivity index (χ0n) is 10.2. The second kappa shape index (κ2) is 3.98. The first kappa shape index (κ1) is 11.3. The van der Waals surface area contributed by atoms with Crippen molar-refractivity contribution in [3.63, 3.8) is 0 Å². The molecule has 3 N–H and O–H groups in total. The minimum Gasteiger partial charge on any atom is -0.497 e. The smallest absolute Gasteiger partial charge is 0.120 e. The maximum absolute atomic E-state index is 5.95. The van der Waals surface area contributed by atoms with E-state index in [1.54, 1.807) is 7.11 Å². The standard InChI is InChI=1S/C13H20N2O/c1-13(2)7-12(13)15-8-9-4-5-10(16-3)6-11(9)14/h4-6,12,15H,7-8,14H2,1-3H3. The van der Waals surface area contributed by atoms with Gasteiger partial charge < -0.3 is 15.8 Å². The Morgan fingerprint density at radius 1 is 1.50 bits per heavy atom. The van der Waals surface area contributed by atoms with Crippen molar-refractivity contribution >= 4 is 5.69 Å². The van der Waals surface area contributed by atoms with Gasteiger partial charge in [0.15, 0.2) is 0 Å². The fourth-order valence-electron chi connectivity index (χ4n) is 1.91. The Labute approximate surface area is 97.0 Å². The number of methoxy groups -OCH3 is 1. The summed E-state index contributed by atoms with van der Waals surface area (Å²) in [5, 5.41) is 3.52. The molecule has 1 aliphatic rings. The Hall–Kier alpha value is -1.22. The summed E-state index contributed by atoms with van der Waals surface area (Å²) < 4.78 is 5.12. The molecule has 0 saturated heterocycles. The quantitative estimate of drug-likeness (QED) is 0.764. The SMILES string of the molecule is COc1ccc(CNC2CC2(C)C)c(N)c1. The molecule has 0 aliphatic heterocycles. The molecule has 1 atom stereocenters. The molecular weight excluding hydrogens is 200 g/mol. The van der Waals surface area contributed by atoms with Crippen molar-refractivity contribution in [2.75, 3.05) is 12.8 Å². The zero-order valence-corrected chi connectivity index (χ0v) is 10.2. The summed E-state index contributed by atoms with van der Waals surface area (Å²) in [6, 6.07) is 6.48. The molecular formula is C13H20N2O. The van der Waals surface area contributed by atoms with Crippen LogP contribution in [0.15, 0.2) is 18.2 Å². The van der Waals surface area contributed by atoms with Crippen LogP contribution in [-0.4, -0.2) is 13.2 Å². The average Bonchev–Trinajstić information content (AvgIpc) is 2.84. The summed E-state index contributed by atoms with van der Waals surface area (Å²) in [6.45, 7) is 5.40. The fourth-order valence-corrected chi connectivity index (χ4v) is 1.91. The van der Waals surface area contributed by atoms with E-state index in [1.807, 2.05) is 18.2 Å². The Bertz CT molecular complexity index is 388. The van der Waals surface area contributed by atoms with Crippen LogP contribution in [0.4, 0.5) is 5.69 Å². The second-order valence-electron chi connectivity index (χ2n) is 5.19. The van der Waals surface area contributed by atoms with Crippen LogP contribution in [0.5, 0.6) is 5.75 Å². The van der Waals surface area contributed by atoms with Gasteiger partial charge in [0, 0.05) is 24.3 Å². The Morgan fingerprint density at radius 2 is 2.19 bits per heavy atom. The van der Waals surface area contributed by atoms with Crippen molar-refractivity contribution in [3.8, 4) is 5.75 Å². The van der Waals surface area contributed by atoms with Crippen LogP contribution < -0.4 is 15.8 Å². The van der Waals surface area contributed by atoms with Gasteiger partial charge in [-0.3, -0.25) is 0 Å². The van der Waals surface area contributed by atoms with Crippen molar-refractivity contribution < 1.29 is 4.74 Å². The van der Waals surface area contributed by atoms with E-state index >= 15 is 0 Å². The van der Waals surface area contributed by atoms with Crippen LogP contribution in [0.1, 0.15) is 25.8 Å². The second-order valence-corrected chi connectivity index (χ2v) is 5.19. The van der Waals surface area contributed by atoms with E-state index in [9.17, 15) is 0 Å². The molecule has 0 spiro atoms. The molecule has 0 amide bonds. The molecule has 2 rings (SSSR count). The number of anilines is 1. The minimum atomic E-state index is 0.460. The lowest BCUT2D eigenvalue weighted by Crippen LogP contribution is -2.20. The van der Waals surface area contributed by atoms with E-state index in [4.69, 9.17) is 10.5 Å². The van der Waals surface area contributed by atoms with Crippen LogP contribution in [-0.2, 0) is 6.54 Å². The molecule has 0 radical (unpaired) electrons. The Kier molecular flexibility index (Phi) is 2.80. The van der Waals surface area contributed by atoms with Gasteiger partial charge in [-0.2, -0.15) is 0 Å². The van der Waals surface area contributed by atoms with E-state index < -0.39 is 0 Å². The molecule has 0 bridgehead atoms. The normalized spacial score (nSPS) is 21.8. The minimum absolute atomic E-state index is 0.460. The summed E-state index contributed by atoms with van der Waals surface area (Å²) in [6.07, 6.45) is 1.25. The lowest BCUT2D eigenvalue weighted by molar-refractivity contribution is 0.415. The number of rotatable bonds is 4. The number of hydrogen-bond donors (Lipinski definition) is 2. The van der Waals surface area contributed by atoms with E-state index in [2.05, 4.69) is 19.2 Å². The third-order valence-corrected chi connectivity index (χ3v) is 3.41. The molecule has 1 aromatic rings. The van der Waals surface area contributed by atoms with Gasteiger partial charge in [0.1, 0.15) is 5.75 Å². The fraction of sp³-hybridized carbons (Fsp3) is 0.538. The zero-order chi connectivity index (χ0) is 11.8. The molecule has 1 fully saturated rings. The van der Waals surface area contributed by atoms with Crippen molar-refractivity contribution in [1.82, 2.24) is 5.32 Å². The summed E-state index contributed by atoms with van der Waals surface area (Å²) >= 11 is 0. The largest absolute Gasteiger partial charge is 0.497 e. The highest BCUT2D eigenvalue weighted by Gasteiger charge is 2.44. The maximum atomic E-state index is 5.95. The first-order valence-electron chi connectivity index (χ1n) is 5.69. The lowest BCUT2D eigenvalue weighted by Gasteiger charge is -2.10. The molecule has 1 aliphatic carbocycles. The summed E-state index contributed by atoms with van der Waals surface area (Å²) in [7, 11) is 1.65. The van der Waals surface area contributed by atoms with E-state index in [0.29, 0.717) is 11.5 Å². The van der Waals surface area contributed by atoms with E-state index in [1.165, 1.54) is 6.42 Å². The third-order valence-electron chi connectivity index (χ3n) is 3.41. The maximum Gasteiger partial charge on any atom is 0.120 e. The van der Waals surface area contributed by atoms with E-state index in [0.717, 1.165) is 23.5 Å². The van der Waals surface area contributed by atoms with Crippen molar-refractivity contribution in [2.45, 2.75) is 32.9 Å². The molecule has 0 heterocycles. The van der Waals surface area contributed by atoms with Gasteiger partial charge in [0.25, 0.3) is 0 Å². The third kappa shape index (κ3) is 2.30. The molecule has 1 unspecified atom stereocenters. The predicted molar refractivity (Wildman–Crippen MR) is 66.4 cm³/mol. The van der Waals surface area contributed by atoms with Crippen LogP contribution in [0, 0.1) is 5.41 Å². The number of hydrogen-bond acceptors (Lipinski definition) is 3. The van der Waals surface area contributed by atoms with Gasteiger partial charge >= 0.3 is 0 Å². The lowest BCUT2D eigenvalue weighted by atomic mass is 10.1. The van der Waals surface area contributed by atoms with Gasteiger partial charge in [-0.05, 0) is 23.5 Å². The van der Waals surface area contributed by atoms with Crippen molar-refractivity contribution in [1.29, 1.82) is 0 Å². The average molecular weight is 220 g/mol. The predicted octanol–water partition coefficient (Wildman–Crippen LogP) is 2.17. The van der Waals surface area contributed by atoms with Crippen LogP contribution in [0.2, 0.25) is 0 Å². The highest BCUT2D eigenvalue weighted by atomic mass is 16.5.